The first-order valence-corrected chi connectivity index (χ1v) is 5.77. The standard InChI is InChI=1S/C14H20O3/c1-5-6-10-17-11(2)14-12(15-3)8-7-9-13(14)16-4/h7-9H,2,5-6,10H2,1,3-4H3. The van der Waals surface area contributed by atoms with Gasteiger partial charge in [0.05, 0.1) is 26.4 Å². The maximum Gasteiger partial charge on any atom is 0.133 e. The molecule has 0 aliphatic carbocycles. The Labute approximate surface area is 103 Å². The maximum absolute atomic E-state index is 5.60. The van der Waals surface area contributed by atoms with Crippen molar-refractivity contribution in [1.82, 2.24) is 0 Å². The van der Waals surface area contributed by atoms with E-state index in [9.17, 15) is 0 Å². The summed E-state index contributed by atoms with van der Waals surface area (Å²) in [4.78, 5) is 0. The zero-order valence-corrected chi connectivity index (χ0v) is 10.8. The molecule has 0 heterocycles. The predicted molar refractivity (Wildman–Crippen MR) is 69.4 cm³/mol. The fraction of sp³-hybridized carbons (Fsp3) is 0.429. The van der Waals surface area contributed by atoms with Crippen molar-refractivity contribution in [1.29, 1.82) is 0 Å². The summed E-state index contributed by atoms with van der Waals surface area (Å²) in [6, 6.07) is 5.61. The van der Waals surface area contributed by atoms with Crippen molar-refractivity contribution in [3.63, 3.8) is 0 Å². The molecule has 0 spiro atoms. The van der Waals surface area contributed by atoms with E-state index in [1.165, 1.54) is 0 Å². The number of benzene rings is 1. The molecule has 1 rings (SSSR count). The third-order valence-corrected chi connectivity index (χ3v) is 2.48. The first-order chi connectivity index (χ1) is 8.24. The molecule has 0 saturated carbocycles. The molecule has 0 saturated heterocycles. The number of unbranched alkanes of at least 4 members (excludes halogenated alkanes) is 1. The summed E-state index contributed by atoms with van der Waals surface area (Å²) in [6.07, 6.45) is 2.10. The summed E-state index contributed by atoms with van der Waals surface area (Å²) in [7, 11) is 3.25. The average Bonchev–Trinajstić information content (AvgIpc) is 2.37. The fourth-order valence-electron chi connectivity index (χ4n) is 1.54. The van der Waals surface area contributed by atoms with Gasteiger partial charge in [-0.05, 0) is 18.6 Å². The molecule has 0 aliphatic rings. The molecule has 0 bridgehead atoms. The first kappa shape index (κ1) is 13.4. The second-order valence-corrected chi connectivity index (χ2v) is 3.66. The highest BCUT2D eigenvalue weighted by Gasteiger charge is 2.13. The Hall–Kier alpha value is -1.64. The van der Waals surface area contributed by atoms with E-state index in [0.717, 1.165) is 18.4 Å². The first-order valence-electron chi connectivity index (χ1n) is 5.77. The van der Waals surface area contributed by atoms with Gasteiger partial charge in [-0.15, -0.1) is 0 Å². The Balaban J connectivity index is 2.89. The zero-order valence-electron chi connectivity index (χ0n) is 10.8. The molecule has 0 N–H and O–H groups in total. The summed E-state index contributed by atoms with van der Waals surface area (Å²) in [5, 5.41) is 0. The van der Waals surface area contributed by atoms with Crippen molar-refractivity contribution in [2.45, 2.75) is 19.8 Å². The highest BCUT2D eigenvalue weighted by atomic mass is 16.5. The Morgan fingerprint density at radius 1 is 1.18 bits per heavy atom. The topological polar surface area (TPSA) is 27.7 Å². The minimum absolute atomic E-state index is 0.591. The molecule has 0 aliphatic heterocycles. The summed E-state index contributed by atoms with van der Waals surface area (Å²) in [5.41, 5.74) is 0.786. The Bertz CT molecular complexity index is 349. The molecule has 0 radical (unpaired) electrons. The molecule has 0 amide bonds. The van der Waals surface area contributed by atoms with Gasteiger partial charge in [0.25, 0.3) is 0 Å². The van der Waals surface area contributed by atoms with Crippen molar-refractivity contribution in [2.75, 3.05) is 20.8 Å². The van der Waals surface area contributed by atoms with Crippen LogP contribution in [0.2, 0.25) is 0 Å². The number of ether oxygens (including phenoxy) is 3. The second-order valence-electron chi connectivity index (χ2n) is 3.66. The van der Waals surface area contributed by atoms with Gasteiger partial charge in [-0.25, -0.2) is 0 Å². The molecule has 1 aromatic carbocycles. The summed E-state index contributed by atoms with van der Waals surface area (Å²) in [6.45, 7) is 6.72. The highest BCUT2D eigenvalue weighted by Crippen LogP contribution is 2.34. The lowest BCUT2D eigenvalue weighted by Gasteiger charge is -2.15. The molecule has 17 heavy (non-hydrogen) atoms. The summed E-state index contributed by atoms with van der Waals surface area (Å²) < 4.78 is 16.2. The van der Waals surface area contributed by atoms with Gasteiger partial charge in [0, 0.05) is 0 Å². The van der Waals surface area contributed by atoms with Gasteiger partial charge in [-0.2, -0.15) is 0 Å². The average molecular weight is 236 g/mol. The molecule has 0 unspecified atom stereocenters. The van der Waals surface area contributed by atoms with Gasteiger partial charge < -0.3 is 14.2 Å². The van der Waals surface area contributed by atoms with E-state index in [-0.39, 0.29) is 0 Å². The summed E-state index contributed by atoms with van der Waals surface area (Å²) >= 11 is 0. The van der Waals surface area contributed by atoms with Crippen LogP contribution in [-0.2, 0) is 4.74 Å². The Morgan fingerprint density at radius 2 is 1.76 bits per heavy atom. The molecule has 0 aromatic heterocycles. The van der Waals surface area contributed by atoms with Gasteiger partial charge in [0.1, 0.15) is 17.3 Å². The minimum Gasteiger partial charge on any atom is -0.496 e. The predicted octanol–water partition coefficient (Wildman–Crippen LogP) is 3.49. The van der Waals surface area contributed by atoms with E-state index >= 15 is 0 Å². The molecule has 1 aromatic rings. The van der Waals surface area contributed by atoms with Crippen LogP contribution in [0, 0.1) is 0 Å². The lowest BCUT2D eigenvalue weighted by molar-refractivity contribution is 0.267. The highest BCUT2D eigenvalue weighted by molar-refractivity contribution is 5.70. The van der Waals surface area contributed by atoms with Crippen LogP contribution in [-0.4, -0.2) is 20.8 Å². The molecule has 0 fully saturated rings. The van der Waals surface area contributed by atoms with Crippen molar-refractivity contribution < 1.29 is 14.2 Å². The van der Waals surface area contributed by atoms with Gasteiger partial charge >= 0.3 is 0 Å². The lowest BCUT2D eigenvalue weighted by Crippen LogP contribution is -1.99. The third-order valence-electron chi connectivity index (χ3n) is 2.48. The normalized spacial score (nSPS) is 9.82. The van der Waals surface area contributed by atoms with E-state index in [4.69, 9.17) is 14.2 Å². The number of hydrogen-bond donors (Lipinski definition) is 0. The molecule has 94 valence electrons. The van der Waals surface area contributed by atoms with E-state index in [2.05, 4.69) is 13.5 Å². The Kier molecular flexibility index (Phi) is 5.40. The van der Waals surface area contributed by atoms with Gasteiger partial charge in [0.2, 0.25) is 0 Å². The summed E-state index contributed by atoms with van der Waals surface area (Å²) in [5.74, 6) is 2.02. The maximum atomic E-state index is 5.60. The molecule has 3 heteroatoms. The molecular weight excluding hydrogens is 216 g/mol. The van der Waals surface area contributed by atoms with Crippen LogP contribution < -0.4 is 9.47 Å². The van der Waals surface area contributed by atoms with Crippen LogP contribution in [0.5, 0.6) is 11.5 Å². The lowest BCUT2D eigenvalue weighted by atomic mass is 10.1. The fourth-order valence-corrected chi connectivity index (χ4v) is 1.54. The zero-order chi connectivity index (χ0) is 12.7. The van der Waals surface area contributed by atoms with Crippen LogP contribution in [0.4, 0.5) is 0 Å². The van der Waals surface area contributed by atoms with Crippen LogP contribution >= 0.6 is 0 Å². The number of hydrogen-bond acceptors (Lipinski definition) is 3. The van der Waals surface area contributed by atoms with Crippen molar-refractivity contribution in [3.8, 4) is 11.5 Å². The van der Waals surface area contributed by atoms with Crippen molar-refractivity contribution >= 4 is 5.76 Å². The SMILES string of the molecule is C=C(OCCCC)c1c(OC)cccc1OC. The molecular formula is C14H20O3. The van der Waals surface area contributed by atoms with Gasteiger partial charge in [-0.3, -0.25) is 0 Å². The van der Waals surface area contributed by atoms with Gasteiger partial charge in [0.15, 0.2) is 0 Å². The Morgan fingerprint density at radius 3 is 2.24 bits per heavy atom. The van der Waals surface area contributed by atoms with E-state index in [1.807, 2.05) is 18.2 Å². The van der Waals surface area contributed by atoms with Crippen LogP contribution in [0.25, 0.3) is 5.76 Å². The van der Waals surface area contributed by atoms with E-state index in [1.54, 1.807) is 14.2 Å². The number of methoxy groups -OCH3 is 2. The van der Waals surface area contributed by atoms with Crippen LogP contribution in [0.3, 0.4) is 0 Å². The second kappa shape index (κ2) is 6.84. The molecule has 3 nitrogen and oxygen atoms in total. The van der Waals surface area contributed by atoms with Crippen molar-refractivity contribution in [3.05, 3.63) is 30.3 Å². The third kappa shape index (κ3) is 3.41. The van der Waals surface area contributed by atoms with E-state index in [0.29, 0.717) is 23.9 Å². The molecule has 0 atom stereocenters. The smallest absolute Gasteiger partial charge is 0.133 e. The van der Waals surface area contributed by atoms with E-state index < -0.39 is 0 Å². The monoisotopic (exact) mass is 236 g/mol. The quantitative estimate of drug-likeness (QED) is 0.535. The van der Waals surface area contributed by atoms with Crippen molar-refractivity contribution in [2.24, 2.45) is 0 Å². The number of rotatable bonds is 7. The van der Waals surface area contributed by atoms with Gasteiger partial charge in [-0.1, -0.05) is 26.0 Å². The van der Waals surface area contributed by atoms with Crippen LogP contribution in [0.1, 0.15) is 25.3 Å². The van der Waals surface area contributed by atoms with Crippen LogP contribution in [0.15, 0.2) is 24.8 Å². The largest absolute Gasteiger partial charge is 0.496 e. The minimum atomic E-state index is 0.591.